The Bertz CT molecular complexity index is 579. The highest BCUT2D eigenvalue weighted by Gasteiger charge is 2.41. The maximum absolute atomic E-state index is 13.2. The number of hydrogen-bond donors (Lipinski definition) is 0. The number of nitrogens with zero attached hydrogens (tertiary/aromatic N) is 4. The molecule has 0 radical (unpaired) electrons. The average molecular weight is 399 g/mol. The van der Waals surface area contributed by atoms with Crippen molar-refractivity contribution in [1.29, 1.82) is 0 Å². The van der Waals surface area contributed by atoms with Crippen molar-refractivity contribution < 1.29 is 8.42 Å². The fourth-order valence-corrected chi connectivity index (χ4v) is 7.42. The van der Waals surface area contributed by atoms with Crippen LogP contribution in [0.1, 0.15) is 57.8 Å². The molecule has 4 aliphatic rings. The lowest BCUT2D eigenvalue weighted by Crippen LogP contribution is -2.55. The van der Waals surface area contributed by atoms with Gasteiger partial charge in [-0.15, -0.1) is 0 Å². The van der Waals surface area contributed by atoms with Gasteiger partial charge in [0.1, 0.15) is 0 Å². The molecule has 1 saturated carbocycles. The first-order valence-electron chi connectivity index (χ1n) is 11.2. The molecule has 0 atom stereocenters. The molecule has 3 heterocycles. The first-order valence-corrected chi connectivity index (χ1v) is 12.6. The molecule has 27 heavy (non-hydrogen) atoms. The quantitative estimate of drug-likeness (QED) is 0.729. The van der Waals surface area contributed by atoms with Crippen LogP contribution in [0.15, 0.2) is 0 Å². The zero-order valence-corrected chi connectivity index (χ0v) is 17.9. The highest BCUT2D eigenvalue weighted by molar-refractivity contribution is 7.86. The number of likely N-dealkylation sites (N-methyl/N-ethyl adjacent to an activating group) is 1. The van der Waals surface area contributed by atoms with Gasteiger partial charge in [-0.2, -0.15) is 17.0 Å². The minimum Gasteiger partial charge on any atom is -0.304 e. The monoisotopic (exact) mass is 398 g/mol. The van der Waals surface area contributed by atoms with Crippen molar-refractivity contribution in [2.75, 3.05) is 59.4 Å². The molecule has 4 fully saturated rings. The lowest BCUT2D eigenvalue weighted by atomic mass is 9.68. The molecule has 156 valence electrons. The summed E-state index contributed by atoms with van der Waals surface area (Å²) in [6, 6.07) is 0.567. The topological polar surface area (TPSA) is 47.1 Å². The van der Waals surface area contributed by atoms with Gasteiger partial charge in [0.05, 0.1) is 0 Å². The Labute approximate surface area is 166 Å². The summed E-state index contributed by atoms with van der Waals surface area (Å²) in [7, 11) is -1.08. The van der Waals surface area contributed by atoms with Gasteiger partial charge >= 0.3 is 0 Å². The van der Waals surface area contributed by atoms with Crippen molar-refractivity contribution >= 4 is 10.2 Å². The maximum atomic E-state index is 13.2. The molecule has 3 saturated heterocycles. The Hall–Kier alpha value is -0.210. The molecule has 4 rings (SSSR count). The molecule has 0 aromatic carbocycles. The number of rotatable bonds is 3. The fraction of sp³-hybridized carbons (Fsp3) is 1.00. The summed E-state index contributed by atoms with van der Waals surface area (Å²) in [5.74, 6) is 0. The Kier molecular flexibility index (Phi) is 6.15. The lowest BCUT2D eigenvalue weighted by Gasteiger charge is -2.46. The van der Waals surface area contributed by atoms with Crippen LogP contribution in [0.3, 0.4) is 0 Å². The minimum atomic E-state index is -3.26. The average Bonchev–Trinajstić information content (AvgIpc) is 2.70. The van der Waals surface area contributed by atoms with Crippen LogP contribution in [0, 0.1) is 5.41 Å². The van der Waals surface area contributed by atoms with E-state index in [1.54, 1.807) is 8.61 Å². The Morgan fingerprint density at radius 3 is 1.85 bits per heavy atom. The third-order valence-corrected chi connectivity index (χ3v) is 9.86. The van der Waals surface area contributed by atoms with Crippen LogP contribution in [0.4, 0.5) is 0 Å². The summed E-state index contributed by atoms with van der Waals surface area (Å²) >= 11 is 0. The molecule has 7 heteroatoms. The smallest absolute Gasteiger partial charge is 0.281 e. The summed E-state index contributed by atoms with van der Waals surface area (Å²) < 4.78 is 29.9. The third kappa shape index (κ3) is 4.37. The van der Waals surface area contributed by atoms with E-state index in [1.165, 1.54) is 32.1 Å². The standard InChI is InChI=1S/C20H38N4O2S/c1-21-15-17-22(18-16-21)19-5-11-23(12-6-19)27(25,26)24-13-9-20(10-14-24)7-3-2-4-8-20/h19H,2-18H2,1H3. The largest absolute Gasteiger partial charge is 0.304 e. The van der Waals surface area contributed by atoms with Gasteiger partial charge in [-0.1, -0.05) is 19.3 Å². The van der Waals surface area contributed by atoms with Crippen molar-refractivity contribution in [1.82, 2.24) is 18.4 Å². The van der Waals surface area contributed by atoms with Crippen LogP contribution >= 0.6 is 0 Å². The molecule has 0 bridgehead atoms. The highest BCUT2D eigenvalue weighted by atomic mass is 32.2. The van der Waals surface area contributed by atoms with Crippen LogP contribution in [-0.4, -0.2) is 92.3 Å². The summed E-state index contributed by atoms with van der Waals surface area (Å²) in [5, 5.41) is 0. The second-order valence-corrected chi connectivity index (χ2v) is 11.4. The first-order chi connectivity index (χ1) is 13.0. The van der Waals surface area contributed by atoms with E-state index in [1.807, 2.05) is 0 Å². The first kappa shape index (κ1) is 20.1. The Morgan fingerprint density at radius 1 is 0.704 bits per heavy atom. The molecule has 3 aliphatic heterocycles. The van der Waals surface area contributed by atoms with E-state index < -0.39 is 10.2 Å². The van der Waals surface area contributed by atoms with E-state index in [4.69, 9.17) is 0 Å². The molecule has 0 amide bonds. The molecular weight excluding hydrogens is 360 g/mol. The van der Waals surface area contributed by atoms with Gasteiger partial charge in [-0.25, -0.2) is 0 Å². The van der Waals surface area contributed by atoms with E-state index in [2.05, 4.69) is 16.8 Å². The van der Waals surface area contributed by atoms with Crippen molar-refractivity contribution in [2.24, 2.45) is 5.41 Å². The molecule has 6 nitrogen and oxygen atoms in total. The van der Waals surface area contributed by atoms with Gasteiger partial charge in [0.2, 0.25) is 0 Å². The predicted molar refractivity (Wildman–Crippen MR) is 109 cm³/mol. The van der Waals surface area contributed by atoms with Gasteiger partial charge in [-0.3, -0.25) is 4.90 Å². The van der Waals surface area contributed by atoms with Crippen LogP contribution in [0.2, 0.25) is 0 Å². The number of piperidine rings is 2. The van der Waals surface area contributed by atoms with Crippen molar-refractivity contribution in [3.05, 3.63) is 0 Å². The van der Waals surface area contributed by atoms with Crippen LogP contribution in [0.25, 0.3) is 0 Å². The van der Waals surface area contributed by atoms with E-state index in [0.717, 1.165) is 65.0 Å². The van der Waals surface area contributed by atoms with Crippen LogP contribution < -0.4 is 0 Å². The molecule has 1 aliphatic carbocycles. The maximum Gasteiger partial charge on any atom is 0.281 e. The normalized spacial score (nSPS) is 30.7. The summed E-state index contributed by atoms with van der Waals surface area (Å²) in [6.45, 7) is 7.38. The zero-order valence-electron chi connectivity index (χ0n) is 17.1. The van der Waals surface area contributed by atoms with E-state index >= 15 is 0 Å². The van der Waals surface area contributed by atoms with E-state index in [-0.39, 0.29) is 0 Å². The van der Waals surface area contributed by atoms with Gasteiger partial charge < -0.3 is 4.90 Å². The second-order valence-electron chi connectivity index (χ2n) is 9.44. The molecule has 0 aromatic heterocycles. The Balaban J connectivity index is 1.29. The highest BCUT2D eigenvalue weighted by Crippen LogP contribution is 2.45. The predicted octanol–water partition coefficient (Wildman–Crippen LogP) is 1.99. The van der Waals surface area contributed by atoms with Crippen LogP contribution in [-0.2, 0) is 10.2 Å². The zero-order chi connectivity index (χ0) is 18.9. The van der Waals surface area contributed by atoms with Crippen molar-refractivity contribution in [3.63, 3.8) is 0 Å². The van der Waals surface area contributed by atoms with Gasteiger partial charge in [0.15, 0.2) is 0 Å². The van der Waals surface area contributed by atoms with E-state index in [9.17, 15) is 8.42 Å². The van der Waals surface area contributed by atoms with Crippen LogP contribution in [0.5, 0.6) is 0 Å². The third-order valence-electron chi connectivity index (χ3n) is 7.83. The molecule has 0 unspecified atom stereocenters. The molecule has 0 aromatic rings. The lowest BCUT2D eigenvalue weighted by molar-refractivity contribution is 0.0785. The Morgan fingerprint density at radius 2 is 1.26 bits per heavy atom. The van der Waals surface area contributed by atoms with Gasteiger partial charge in [-0.05, 0) is 51.0 Å². The molecule has 0 N–H and O–H groups in total. The number of hydrogen-bond acceptors (Lipinski definition) is 4. The number of piperazine rings is 1. The van der Waals surface area contributed by atoms with Crippen molar-refractivity contribution in [2.45, 2.75) is 63.8 Å². The fourth-order valence-electron chi connectivity index (χ4n) is 5.78. The minimum absolute atomic E-state index is 0.457. The van der Waals surface area contributed by atoms with Gasteiger partial charge in [0.25, 0.3) is 10.2 Å². The van der Waals surface area contributed by atoms with E-state index in [0.29, 0.717) is 24.5 Å². The summed E-state index contributed by atoms with van der Waals surface area (Å²) in [6.07, 6.45) is 10.8. The summed E-state index contributed by atoms with van der Waals surface area (Å²) in [4.78, 5) is 4.96. The second kappa shape index (κ2) is 8.27. The van der Waals surface area contributed by atoms with Gasteiger partial charge in [0, 0.05) is 58.4 Å². The summed E-state index contributed by atoms with van der Waals surface area (Å²) in [5.41, 5.74) is 0.457. The molecular formula is C20H38N4O2S. The molecule has 1 spiro atoms. The SMILES string of the molecule is CN1CCN(C2CCN(S(=O)(=O)N3CCC4(CCCCC4)CC3)CC2)CC1. The van der Waals surface area contributed by atoms with Crippen molar-refractivity contribution in [3.8, 4) is 0 Å².